The second kappa shape index (κ2) is 6.06. The molecule has 1 aromatic heterocycles. The Morgan fingerprint density at radius 2 is 2.19 bits per heavy atom. The molecule has 0 unspecified atom stereocenters. The molecule has 2 aromatic rings. The number of hydrogen-bond donors (Lipinski definition) is 2. The summed E-state index contributed by atoms with van der Waals surface area (Å²) in [5.41, 5.74) is 0.482. The maximum atomic E-state index is 12.2. The van der Waals surface area contributed by atoms with Gasteiger partial charge in [-0.2, -0.15) is 0 Å². The number of carboxylic acid groups (broad SMARTS) is 1. The van der Waals surface area contributed by atoms with Crippen LogP contribution in [0.3, 0.4) is 0 Å². The van der Waals surface area contributed by atoms with Crippen molar-refractivity contribution >= 4 is 38.5 Å². The zero-order chi connectivity index (χ0) is 15.5. The van der Waals surface area contributed by atoms with Gasteiger partial charge >= 0.3 is 5.97 Å². The normalized spacial score (nSPS) is 11.7. The summed E-state index contributed by atoms with van der Waals surface area (Å²) in [6.07, 6.45) is 3.85. The Hall–Kier alpha value is -2.19. The molecule has 0 fully saturated rings. The molecule has 1 aromatic carbocycles. The number of aromatic nitrogens is 1. The van der Waals surface area contributed by atoms with Crippen LogP contribution in [0, 0.1) is 6.92 Å². The number of anilines is 1. The minimum atomic E-state index is -3.74. The molecule has 0 atom stereocenters. The van der Waals surface area contributed by atoms with E-state index in [4.69, 9.17) is 5.11 Å². The SMILES string of the molecule is Cc1cnc(NS(=O)(=O)c2cccc(C=CC(=O)O)c2)s1. The van der Waals surface area contributed by atoms with Gasteiger partial charge in [-0.25, -0.2) is 18.2 Å². The van der Waals surface area contributed by atoms with Gasteiger partial charge in [-0.15, -0.1) is 11.3 Å². The monoisotopic (exact) mass is 324 g/mol. The standard InChI is InChI=1S/C13H12N2O4S2/c1-9-8-14-13(20-9)15-21(18,19)11-4-2-3-10(7-11)5-6-12(16)17/h2-8H,1H3,(H,14,15)(H,16,17). The number of carboxylic acids is 1. The van der Waals surface area contributed by atoms with E-state index in [1.807, 2.05) is 6.92 Å². The highest BCUT2D eigenvalue weighted by atomic mass is 32.2. The lowest BCUT2D eigenvalue weighted by atomic mass is 10.2. The van der Waals surface area contributed by atoms with E-state index in [2.05, 4.69) is 9.71 Å². The molecule has 0 aliphatic rings. The summed E-state index contributed by atoms with van der Waals surface area (Å²) in [5, 5.41) is 8.87. The van der Waals surface area contributed by atoms with Gasteiger partial charge in [0.15, 0.2) is 5.13 Å². The predicted octanol–water partition coefficient (Wildman–Crippen LogP) is 2.35. The van der Waals surface area contributed by atoms with Crippen LogP contribution in [-0.4, -0.2) is 24.5 Å². The Bertz CT molecular complexity index is 794. The summed E-state index contributed by atoms with van der Waals surface area (Å²) in [7, 11) is -3.74. The summed E-state index contributed by atoms with van der Waals surface area (Å²) in [5.74, 6) is -1.10. The topological polar surface area (TPSA) is 96.4 Å². The number of carbonyl (C=O) groups is 1. The molecule has 110 valence electrons. The number of hydrogen-bond acceptors (Lipinski definition) is 5. The fraction of sp³-hybridized carbons (Fsp3) is 0.0769. The average molecular weight is 324 g/mol. The van der Waals surface area contributed by atoms with Crippen LogP contribution in [-0.2, 0) is 14.8 Å². The van der Waals surface area contributed by atoms with Gasteiger partial charge in [-0.05, 0) is 30.7 Å². The summed E-state index contributed by atoms with van der Waals surface area (Å²) < 4.78 is 26.8. The van der Waals surface area contributed by atoms with Gasteiger partial charge in [-0.3, -0.25) is 4.72 Å². The van der Waals surface area contributed by atoms with Crippen molar-refractivity contribution < 1.29 is 18.3 Å². The van der Waals surface area contributed by atoms with E-state index in [9.17, 15) is 13.2 Å². The van der Waals surface area contributed by atoms with Crippen LogP contribution in [0.5, 0.6) is 0 Å². The highest BCUT2D eigenvalue weighted by molar-refractivity contribution is 7.93. The summed E-state index contributed by atoms with van der Waals surface area (Å²) in [4.78, 5) is 15.4. The molecular formula is C13H12N2O4S2. The molecule has 0 radical (unpaired) electrons. The van der Waals surface area contributed by atoms with E-state index in [-0.39, 0.29) is 4.90 Å². The number of aryl methyl sites for hydroxylation is 1. The van der Waals surface area contributed by atoms with E-state index in [0.717, 1.165) is 11.0 Å². The molecule has 0 bridgehead atoms. The molecule has 6 nitrogen and oxygen atoms in total. The van der Waals surface area contributed by atoms with E-state index in [0.29, 0.717) is 10.7 Å². The molecule has 0 saturated carbocycles. The first-order valence-corrected chi connectivity index (χ1v) is 8.13. The van der Waals surface area contributed by atoms with Crippen molar-refractivity contribution in [2.75, 3.05) is 4.72 Å². The number of aliphatic carboxylic acids is 1. The molecule has 0 aliphatic heterocycles. The van der Waals surface area contributed by atoms with Gasteiger partial charge in [-0.1, -0.05) is 12.1 Å². The van der Waals surface area contributed by atoms with Crippen LogP contribution >= 0.6 is 11.3 Å². The quantitative estimate of drug-likeness (QED) is 0.823. The summed E-state index contributed by atoms with van der Waals surface area (Å²) >= 11 is 1.23. The van der Waals surface area contributed by atoms with Crippen molar-refractivity contribution in [1.82, 2.24) is 4.98 Å². The van der Waals surface area contributed by atoms with E-state index in [1.165, 1.54) is 29.5 Å². The maximum Gasteiger partial charge on any atom is 0.328 e. The fourth-order valence-electron chi connectivity index (χ4n) is 1.53. The van der Waals surface area contributed by atoms with Gasteiger partial charge in [0.1, 0.15) is 0 Å². The van der Waals surface area contributed by atoms with Gasteiger partial charge in [0.2, 0.25) is 0 Å². The van der Waals surface area contributed by atoms with E-state index < -0.39 is 16.0 Å². The Labute approximate surface area is 125 Å². The van der Waals surface area contributed by atoms with Crippen molar-refractivity contribution in [3.63, 3.8) is 0 Å². The van der Waals surface area contributed by atoms with Crippen LogP contribution in [0.25, 0.3) is 6.08 Å². The number of nitrogens with one attached hydrogen (secondary N) is 1. The third kappa shape index (κ3) is 4.14. The third-order valence-corrected chi connectivity index (χ3v) is 4.72. The van der Waals surface area contributed by atoms with E-state index in [1.54, 1.807) is 18.3 Å². The minimum absolute atomic E-state index is 0.0443. The maximum absolute atomic E-state index is 12.2. The molecule has 0 saturated heterocycles. The molecular weight excluding hydrogens is 312 g/mol. The van der Waals surface area contributed by atoms with Crippen LogP contribution in [0.1, 0.15) is 10.4 Å². The number of sulfonamides is 1. The van der Waals surface area contributed by atoms with Crippen LogP contribution in [0.2, 0.25) is 0 Å². The van der Waals surface area contributed by atoms with Crippen molar-refractivity contribution in [3.05, 3.63) is 47.0 Å². The van der Waals surface area contributed by atoms with Gasteiger partial charge in [0.05, 0.1) is 4.90 Å². The average Bonchev–Trinajstić information content (AvgIpc) is 2.81. The number of nitrogens with zero attached hydrogens (tertiary/aromatic N) is 1. The van der Waals surface area contributed by atoms with Crippen LogP contribution < -0.4 is 4.72 Å². The zero-order valence-corrected chi connectivity index (χ0v) is 12.6. The Morgan fingerprint density at radius 3 is 2.81 bits per heavy atom. The third-order valence-electron chi connectivity index (χ3n) is 2.43. The Kier molecular flexibility index (Phi) is 4.39. The van der Waals surface area contributed by atoms with Gasteiger partial charge in [0, 0.05) is 17.2 Å². The predicted molar refractivity (Wildman–Crippen MR) is 80.8 cm³/mol. The highest BCUT2D eigenvalue weighted by Crippen LogP contribution is 2.21. The summed E-state index contributed by atoms with van der Waals surface area (Å²) in [6.45, 7) is 1.83. The lowest BCUT2D eigenvalue weighted by molar-refractivity contribution is -0.131. The van der Waals surface area contributed by atoms with Crippen molar-refractivity contribution in [3.8, 4) is 0 Å². The molecule has 0 amide bonds. The Morgan fingerprint density at radius 1 is 1.43 bits per heavy atom. The lowest BCUT2D eigenvalue weighted by Crippen LogP contribution is -2.12. The largest absolute Gasteiger partial charge is 0.478 e. The fourth-order valence-corrected chi connectivity index (χ4v) is 3.49. The molecule has 1 heterocycles. The molecule has 21 heavy (non-hydrogen) atoms. The minimum Gasteiger partial charge on any atom is -0.478 e. The zero-order valence-electron chi connectivity index (χ0n) is 11.0. The van der Waals surface area contributed by atoms with Crippen molar-refractivity contribution in [2.24, 2.45) is 0 Å². The number of thiazole rings is 1. The van der Waals surface area contributed by atoms with Gasteiger partial charge in [0.25, 0.3) is 10.0 Å². The highest BCUT2D eigenvalue weighted by Gasteiger charge is 2.15. The smallest absolute Gasteiger partial charge is 0.328 e. The van der Waals surface area contributed by atoms with Crippen LogP contribution in [0.15, 0.2) is 41.4 Å². The lowest BCUT2D eigenvalue weighted by Gasteiger charge is -2.05. The van der Waals surface area contributed by atoms with E-state index >= 15 is 0 Å². The van der Waals surface area contributed by atoms with Gasteiger partial charge < -0.3 is 5.11 Å². The van der Waals surface area contributed by atoms with Crippen LogP contribution in [0.4, 0.5) is 5.13 Å². The molecule has 2 rings (SSSR count). The van der Waals surface area contributed by atoms with Crippen molar-refractivity contribution in [1.29, 1.82) is 0 Å². The molecule has 0 spiro atoms. The Balaban J connectivity index is 2.27. The first-order chi connectivity index (χ1) is 9.87. The molecule has 8 heteroatoms. The number of benzene rings is 1. The second-order valence-corrected chi connectivity index (χ2v) is 7.04. The molecule has 2 N–H and O–H groups in total. The molecule has 0 aliphatic carbocycles. The first kappa shape index (κ1) is 15.2. The first-order valence-electron chi connectivity index (χ1n) is 5.83. The van der Waals surface area contributed by atoms with Crippen molar-refractivity contribution in [2.45, 2.75) is 11.8 Å². The number of rotatable bonds is 5. The summed E-state index contributed by atoms with van der Waals surface area (Å²) in [6, 6.07) is 5.98. The second-order valence-electron chi connectivity index (χ2n) is 4.13.